The van der Waals surface area contributed by atoms with Crippen molar-refractivity contribution in [2.75, 3.05) is 13.1 Å². The zero-order chi connectivity index (χ0) is 12.3. The molecule has 0 unspecified atom stereocenters. The van der Waals surface area contributed by atoms with Crippen molar-refractivity contribution < 1.29 is 8.42 Å². The summed E-state index contributed by atoms with van der Waals surface area (Å²) in [6, 6.07) is 6.66. The van der Waals surface area contributed by atoms with E-state index in [-0.39, 0.29) is 6.04 Å². The zero-order valence-corrected chi connectivity index (χ0v) is 11.7. The molecule has 2 rings (SSSR count). The van der Waals surface area contributed by atoms with Crippen molar-refractivity contribution in [2.24, 2.45) is 0 Å². The van der Waals surface area contributed by atoms with Crippen molar-refractivity contribution in [1.82, 2.24) is 10.0 Å². The van der Waals surface area contributed by atoms with Crippen LogP contribution in [0.3, 0.4) is 0 Å². The van der Waals surface area contributed by atoms with Crippen molar-refractivity contribution >= 4 is 26.0 Å². The van der Waals surface area contributed by atoms with E-state index < -0.39 is 10.0 Å². The minimum Gasteiger partial charge on any atom is -0.315 e. The number of nitrogens with one attached hydrogen (secondary N) is 2. The van der Waals surface area contributed by atoms with Crippen LogP contribution < -0.4 is 10.0 Å². The summed E-state index contributed by atoms with van der Waals surface area (Å²) in [4.78, 5) is 0.311. The topological polar surface area (TPSA) is 58.2 Å². The second-order valence-electron chi connectivity index (χ2n) is 4.12. The summed E-state index contributed by atoms with van der Waals surface area (Å²) in [5.74, 6) is 0. The molecule has 1 saturated heterocycles. The number of sulfonamides is 1. The first-order chi connectivity index (χ1) is 8.08. The SMILES string of the molecule is O=S(=O)(N[C@@H]1CCCNC1)c1ccc(Br)cc1. The highest BCUT2D eigenvalue weighted by Crippen LogP contribution is 2.15. The van der Waals surface area contributed by atoms with Crippen molar-refractivity contribution in [3.05, 3.63) is 28.7 Å². The minimum atomic E-state index is -3.39. The summed E-state index contributed by atoms with van der Waals surface area (Å²) >= 11 is 3.29. The molecule has 0 aliphatic carbocycles. The normalized spacial score (nSPS) is 21.4. The third kappa shape index (κ3) is 3.51. The van der Waals surface area contributed by atoms with Gasteiger partial charge in [-0.2, -0.15) is 0 Å². The molecule has 0 amide bonds. The predicted molar refractivity (Wildman–Crippen MR) is 70.4 cm³/mol. The van der Waals surface area contributed by atoms with Gasteiger partial charge in [0.05, 0.1) is 4.90 Å². The monoisotopic (exact) mass is 318 g/mol. The van der Waals surface area contributed by atoms with Gasteiger partial charge in [-0.3, -0.25) is 0 Å². The molecule has 0 radical (unpaired) electrons. The largest absolute Gasteiger partial charge is 0.315 e. The first kappa shape index (κ1) is 13.0. The maximum atomic E-state index is 12.1. The lowest BCUT2D eigenvalue weighted by molar-refractivity contribution is 0.428. The molecule has 0 saturated carbocycles. The van der Waals surface area contributed by atoms with Crippen LogP contribution in [-0.2, 0) is 10.0 Å². The lowest BCUT2D eigenvalue weighted by Gasteiger charge is -2.23. The average molecular weight is 319 g/mol. The van der Waals surface area contributed by atoms with Crippen LogP contribution >= 0.6 is 15.9 Å². The van der Waals surface area contributed by atoms with Crippen molar-refractivity contribution in [1.29, 1.82) is 0 Å². The third-order valence-electron chi connectivity index (χ3n) is 2.74. The fourth-order valence-corrected chi connectivity index (χ4v) is 3.39. The molecule has 0 spiro atoms. The summed E-state index contributed by atoms with van der Waals surface area (Å²) in [5, 5.41) is 3.18. The van der Waals surface area contributed by atoms with E-state index in [2.05, 4.69) is 26.0 Å². The predicted octanol–water partition coefficient (Wildman–Crippen LogP) is 1.48. The van der Waals surface area contributed by atoms with Gasteiger partial charge >= 0.3 is 0 Å². The molecule has 2 N–H and O–H groups in total. The van der Waals surface area contributed by atoms with Gasteiger partial charge in [0, 0.05) is 17.1 Å². The van der Waals surface area contributed by atoms with Gasteiger partial charge in [0.1, 0.15) is 0 Å². The number of hydrogen-bond donors (Lipinski definition) is 2. The maximum Gasteiger partial charge on any atom is 0.240 e. The van der Waals surface area contributed by atoms with Gasteiger partial charge in [-0.05, 0) is 43.7 Å². The highest BCUT2D eigenvalue weighted by Gasteiger charge is 2.21. The number of piperidine rings is 1. The Labute approximate surface area is 110 Å². The molecule has 1 fully saturated rings. The molecule has 1 aromatic carbocycles. The quantitative estimate of drug-likeness (QED) is 0.887. The Hall–Kier alpha value is -0.430. The molecule has 94 valence electrons. The van der Waals surface area contributed by atoms with Gasteiger partial charge in [-0.15, -0.1) is 0 Å². The Bertz CT molecular complexity index is 467. The van der Waals surface area contributed by atoms with Crippen LogP contribution in [0.25, 0.3) is 0 Å². The number of benzene rings is 1. The highest BCUT2D eigenvalue weighted by molar-refractivity contribution is 9.10. The van der Waals surface area contributed by atoms with Crippen LogP contribution in [0.4, 0.5) is 0 Å². The van der Waals surface area contributed by atoms with Gasteiger partial charge in [0.2, 0.25) is 10.0 Å². The van der Waals surface area contributed by atoms with Gasteiger partial charge in [0.25, 0.3) is 0 Å². The van der Waals surface area contributed by atoms with Crippen molar-refractivity contribution in [2.45, 2.75) is 23.8 Å². The van der Waals surface area contributed by atoms with E-state index >= 15 is 0 Å². The lowest BCUT2D eigenvalue weighted by atomic mass is 10.1. The fraction of sp³-hybridized carbons (Fsp3) is 0.455. The standard InChI is InChI=1S/C11H15BrN2O2S/c12-9-3-5-11(6-4-9)17(15,16)14-10-2-1-7-13-8-10/h3-6,10,13-14H,1-2,7-8H2/t10-/m1/s1. The molecule has 0 aromatic heterocycles. The zero-order valence-electron chi connectivity index (χ0n) is 9.32. The Kier molecular flexibility index (Phi) is 4.19. The van der Waals surface area contributed by atoms with Crippen LogP contribution in [0, 0.1) is 0 Å². The van der Waals surface area contributed by atoms with E-state index in [1.54, 1.807) is 24.3 Å². The van der Waals surface area contributed by atoms with Crippen LogP contribution in [0.5, 0.6) is 0 Å². The molecule has 6 heteroatoms. The summed E-state index contributed by atoms with van der Waals surface area (Å²) in [7, 11) is -3.39. The van der Waals surface area contributed by atoms with E-state index in [4.69, 9.17) is 0 Å². The van der Waals surface area contributed by atoms with E-state index in [0.717, 1.165) is 23.9 Å². The second kappa shape index (κ2) is 5.48. The second-order valence-corrected chi connectivity index (χ2v) is 6.75. The van der Waals surface area contributed by atoms with E-state index in [0.29, 0.717) is 11.4 Å². The number of halogens is 1. The number of hydrogen-bond acceptors (Lipinski definition) is 3. The molecular formula is C11H15BrN2O2S. The molecule has 1 aliphatic heterocycles. The van der Waals surface area contributed by atoms with E-state index in [9.17, 15) is 8.42 Å². The summed E-state index contributed by atoms with van der Waals surface area (Å²) in [5.41, 5.74) is 0. The van der Waals surface area contributed by atoms with E-state index in [1.165, 1.54) is 0 Å². The van der Waals surface area contributed by atoms with Crippen molar-refractivity contribution in [3.63, 3.8) is 0 Å². The molecule has 1 aromatic rings. The molecule has 4 nitrogen and oxygen atoms in total. The minimum absolute atomic E-state index is 0.00241. The molecule has 0 bridgehead atoms. The van der Waals surface area contributed by atoms with Crippen LogP contribution in [0.15, 0.2) is 33.6 Å². The summed E-state index contributed by atoms with van der Waals surface area (Å²) < 4.78 is 27.7. The summed E-state index contributed by atoms with van der Waals surface area (Å²) in [6.07, 6.45) is 1.90. The molecule has 1 aliphatic rings. The Morgan fingerprint density at radius 1 is 1.29 bits per heavy atom. The first-order valence-electron chi connectivity index (χ1n) is 5.56. The van der Waals surface area contributed by atoms with Gasteiger partial charge < -0.3 is 5.32 Å². The smallest absolute Gasteiger partial charge is 0.240 e. The molecule has 17 heavy (non-hydrogen) atoms. The van der Waals surface area contributed by atoms with Crippen LogP contribution in [-0.4, -0.2) is 27.5 Å². The Morgan fingerprint density at radius 2 is 2.00 bits per heavy atom. The lowest BCUT2D eigenvalue weighted by Crippen LogP contribution is -2.45. The van der Waals surface area contributed by atoms with E-state index in [1.807, 2.05) is 0 Å². The summed E-state index contributed by atoms with van der Waals surface area (Å²) in [6.45, 7) is 1.67. The average Bonchev–Trinajstić information content (AvgIpc) is 2.30. The Morgan fingerprint density at radius 3 is 2.59 bits per heavy atom. The van der Waals surface area contributed by atoms with Crippen molar-refractivity contribution in [3.8, 4) is 0 Å². The Balaban J connectivity index is 2.10. The fourth-order valence-electron chi connectivity index (χ4n) is 1.85. The molecule has 1 atom stereocenters. The van der Waals surface area contributed by atoms with Gasteiger partial charge in [0.15, 0.2) is 0 Å². The molecule has 1 heterocycles. The maximum absolute atomic E-state index is 12.1. The molecular weight excluding hydrogens is 304 g/mol. The number of rotatable bonds is 3. The van der Waals surface area contributed by atoms with Gasteiger partial charge in [-0.25, -0.2) is 13.1 Å². The third-order valence-corrected chi connectivity index (χ3v) is 4.81. The van der Waals surface area contributed by atoms with Gasteiger partial charge in [-0.1, -0.05) is 15.9 Å². The van der Waals surface area contributed by atoms with Crippen LogP contribution in [0.1, 0.15) is 12.8 Å². The highest BCUT2D eigenvalue weighted by atomic mass is 79.9. The van der Waals surface area contributed by atoms with Crippen LogP contribution in [0.2, 0.25) is 0 Å². The first-order valence-corrected chi connectivity index (χ1v) is 7.84.